The van der Waals surface area contributed by atoms with Crippen molar-refractivity contribution < 1.29 is 0 Å². The second kappa shape index (κ2) is 6.98. The predicted molar refractivity (Wildman–Crippen MR) is 87.8 cm³/mol. The first kappa shape index (κ1) is 15.2. The van der Waals surface area contributed by atoms with Crippen molar-refractivity contribution in [3.8, 4) is 0 Å². The molecule has 0 aliphatic rings. The summed E-state index contributed by atoms with van der Waals surface area (Å²) in [4.78, 5) is 2.15. The Morgan fingerprint density at radius 1 is 1.05 bits per heavy atom. The largest absolute Gasteiger partial charge is 0.369 e. The molecule has 0 fully saturated rings. The highest BCUT2D eigenvalue weighted by Gasteiger charge is 2.11. The molecule has 2 aromatic carbocycles. The Morgan fingerprint density at radius 2 is 1.75 bits per heavy atom. The lowest BCUT2D eigenvalue weighted by atomic mass is 10.1. The Labute approximate surface area is 130 Å². The number of nitrogens with zero attached hydrogens (tertiary/aromatic N) is 1. The Morgan fingerprint density at radius 3 is 2.40 bits per heavy atom. The fourth-order valence-corrected chi connectivity index (χ4v) is 2.75. The standard InChI is InChI=1S/C16H18Cl2N2/c1-20(11-12-5-7-14(17)8-6-12)16-13(9-10-19)3-2-4-15(16)18/h2-8H,9-11,19H2,1H3. The zero-order chi connectivity index (χ0) is 14.5. The van der Waals surface area contributed by atoms with E-state index in [9.17, 15) is 0 Å². The second-order valence-corrected chi connectivity index (χ2v) is 5.61. The van der Waals surface area contributed by atoms with Crippen LogP contribution in [-0.4, -0.2) is 13.6 Å². The summed E-state index contributed by atoms with van der Waals surface area (Å²) in [6, 6.07) is 13.8. The molecule has 0 aliphatic carbocycles. The van der Waals surface area contributed by atoms with Crippen LogP contribution < -0.4 is 10.6 Å². The fourth-order valence-electron chi connectivity index (χ4n) is 2.29. The van der Waals surface area contributed by atoms with Crippen LogP contribution in [0.4, 0.5) is 5.69 Å². The molecule has 0 unspecified atom stereocenters. The Kier molecular flexibility index (Phi) is 5.30. The zero-order valence-electron chi connectivity index (χ0n) is 11.4. The molecule has 0 amide bonds. The van der Waals surface area contributed by atoms with Gasteiger partial charge in [-0.2, -0.15) is 0 Å². The zero-order valence-corrected chi connectivity index (χ0v) is 13.0. The van der Waals surface area contributed by atoms with Crippen LogP contribution in [0.15, 0.2) is 42.5 Å². The first-order valence-electron chi connectivity index (χ1n) is 6.55. The quantitative estimate of drug-likeness (QED) is 0.900. The number of nitrogens with two attached hydrogens (primary N) is 1. The lowest BCUT2D eigenvalue weighted by Gasteiger charge is -2.24. The minimum Gasteiger partial charge on any atom is -0.369 e. The normalized spacial score (nSPS) is 10.6. The molecular formula is C16H18Cl2N2. The van der Waals surface area contributed by atoms with Gasteiger partial charge in [-0.25, -0.2) is 0 Å². The summed E-state index contributed by atoms with van der Waals surface area (Å²) in [5.41, 5.74) is 9.09. The van der Waals surface area contributed by atoms with E-state index in [4.69, 9.17) is 28.9 Å². The number of rotatable bonds is 5. The van der Waals surface area contributed by atoms with Crippen molar-refractivity contribution >= 4 is 28.9 Å². The average Bonchev–Trinajstić information content (AvgIpc) is 2.42. The van der Waals surface area contributed by atoms with E-state index in [0.29, 0.717) is 6.54 Å². The van der Waals surface area contributed by atoms with Gasteiger partial charge in [0.2, 0.25) is 0 Å². The van der Waals surface area contributed by atoms with Gasteiger partial charge in [0.25, 0.3) is 0 Å². The van der Waals surface area contributed by atoms with Crippen molar-refractivity contribution in [2.75, 3.05) is 18.5 Å². The molecule has 4 heteroatoms. The summed E-state index contributed by atoms with van der Waals surface area (Å²) in [7, 11) is 2.04. The van der Waals surface area contributed by atoms with Gasteiger partial charge in [0.1, 0.15) is 0 Å². The van der Waals surface area contributed by atoms with Crippen molar-refractivity contribution in [1.82, 2.24) is 0 Å². The van der Waals surface area contributed by atoms with Gasteiger partial charge in [-0.3, -0.25) is 0 Å². The third kappa shape index (κ3) is 3.66. The van der Waals surface area contributed by atoms with Crippen LogP contribution in [0.2, 0.25) is 10.0 Å². The summed E-state index contributed by atoms with van der Waals surface area (Å²) in [5.74, 6) is 0. The fraction of sp³-hybridized carbons (Fsp3) is 0.250. The molecule has 0 aliphatic heterocycles. The Bertz CT molecular complexity index is 567. The number of para-hydroxylation sites is 1. The van der Waals surface area contributed by atoms with Crippen LogP contribution in [0.25, 0.3) is 0 Å². The van der Waals surface area contributed by atoms with Gasteiger partial charge in [0, 0.05) is 18.6 Å². The molecule has 0 spiro atoms. The summed E-state index contributed by atoms with van der Waals surface area (Å²) < 4.78 is 0. The molecule has 2 aromatic rings. The molecule has 2 nitrogen and oxygen atoms in total. The lowest BCUT2D eigenvalue weighted by Crippen LogP contribution is -2.19. The molecule has 0 atom stereocenters. The van der Waals surface area contributed by atoms with Gasteiger partial charge in [-0.15, -0.1) is 0 Å². The highest BCUT2D eigenvalue weighted by molar-refractivity contribution is 6.33. The van der Waals surface area contributed by atoms with E-state index in [-0.39, 0.29) is 0 Å². The summed E-state index contributed by atoms with van der Waals surface area (Å²) >= 11 is 12.3. The van der Waals surface area contributed by atoms with Gasteiger partial charge in [-0.1, -0.05) is 47.5 Å². The molecule has 2 N–H and O–H groups in total. The van der Waals surface area contributed by atoms with Crippen LogP contribution in [-0.2, 0) is 13.0 Å². The highest BCUT2D eigenvalue weighted by Crippen LogP contribution is 2.30. The van der Waals surface area contributed by atoms with Gasteiger partial charge >= 0.3 is 0 Å². The highest BCUT2D eigenvalue weighted by atomic mass is 35.5. The summed E-state index contributed by atoms with van der Waals surface area (Å²) in [6.07, 6.45) is 0.820. The van der Waals surface area contributed by atoms with Gasteiger partial charge in [0.05, 0.1) is 10.7 Å². The molecule has 0 heterocycles. The van der Waals surface area contributed by atoms with Crippen molar-refractivity contribution in [1.29, 1.82) is 0 Å². The van der Waals surface area contributed by atoms with Crippen molar-refractivity contribution in [2.45, 2.75) is 13.0 Å². The van der Waals surface area contributed by atoms with Crippen LogP contribution >= 0.6 is 23.2 Å². The topological polar surface area (TPSA) is 29.3 Å². The van der Waals surface area contributed by atoms with Crippen LogP contribution in [0.1, 0.15) is 11.1 Å². The Balaban J connectivity index is 2.24. The van der Waals surface area contributed by atoms with E-state index in [1.54, 1.807) is 0 Å². The SMILES string of the molecule is CN(Cc1ccc(Cl)cc1)c1c(Cl)cccc1CCN. The number of halogens is 2. The van der Waals surface area contributed by atoms with Crippen LogP contribution in [0.3, 0.4) is 0 Å². The molecule has 0 bridgehead atoms. The Hall–Kier alpha value is -1.22. The summed E-state index contributed by atoms with van der Waals surface area (Å²) in [5, 5.41) is 1.50. The molecule has 0 aromatic heterocycles. The number of hydrogen-bond donors (Lipinski definition) is 1. The maximum absolute atomic E-state index is 6.35. The molecular weight excluding hydrogens is 291 g/mol. The third-order valence-electron chi connectivity index (χ3n) is 3.20. The molecule has 0 saturated heterocycles. The average molecular weight is 309 g/mol. The second-order valence-electron chi connectivity index (χ2n) is 4.77. The molecule has 2 rings (SSSR count). The predicted octanol–water partition coefficient (Wildman–Crippen LogP) is 4.13. The number of hydrogen-bond acceptors (Lipinski definition) is 2. The van der Waals surface area contributed by atoms with E-state index in [1.165, 1.54) is 11.1 Å². The first-order valence-corrected chi connectivity index (χ1v) is 7.30. The third-order valence-corrected chi connectivity index (χ3v) is 3.76. The molecule has 0 radical (unpaired) electrons. The summed E-state index contributed by atoms with van der Waals surface area (Å²) in [6.45, 7) is 1.39. The molecule has 106 valence electrons. The van der Waals surface area contributed by atoms with E-state index in [0.717, 1.165) is 28.7 Å². The van der Waals surface area contributed by atoms with Crippen molar-refractivity contribution in [3.05, 3.63) is 63.6 Å². The minimum absolute atomic E-state index is 0.613. The van der Waals surface area contributed by atoms with Crippen LogP contribution in [0.5, 0.6) is 0 Å². The minimum atomic E-state index is 0.613. The maximum atomic E-state index is 6.35. The number of benzene rings is 2. The van der Waals surface area contributed by atoms with Crippen LogP contribution in [0, 0.1) is 0 Å². The van der Waals surface area contributed by atoms with E-state index >= 15 is 0 Å². The lowest BCUT2D eigenvalue weighted by molar-refractivity contribution is 0.893. The maximum Gasteiger partial charge on any atom is 0.0642 e. The first-order chi connectivity index (χ1) is 9.61. The van der Waals surface area contributed by atoms with E-state index < -0.39 is 0 Å². The van der Waals surface area contributed by atoms with Crippen molar-refractivity contribution in [3.63, 3.8) is 0 Å². The monoisotopic (exact) mass is 308 g/mol. The molecule has 0 saturated carbocycles. The van der Waals surface area contributed by atoms with Gasteiger partial charge in [0.15, 0.2) is 0 Å². The molecule has 20 heavy (non-hydrogen) atoms. The van der Waals surface area contributed by atoms with Gasteiger partial charge in [-0.05, 0) is 42.3 Å². The van der Waals surface area contributed by atoms with E-state index in [1.807, 2.05) is 43.4 Å². The van der Waals surface area contributed by atoms with Gasteiger partial charge < -0.3 is 10.6 Å². The number of anilines is 1. The van der Waals surface area contributed by atoms with Crippen molar-refractivity contribution in [2.24, 2.45) is 5.73 Å². The van der Waals surface area contributed by atoms with E-state index in [2.05, 4.69) is 11.0 Å². The smallest absolute Gasteiger partial charge is 0.0642 e.